The number of benzene rings is 1. The van der Waals surface area contributed by atoms with Gasteiger partial charge in [-0.3, -0.25) is 4.90 Å². The number of hydrogen-bond donors (Lipinski definition) is 1. The Morgan fingerprint density at radius 3 is 2.53 bits per heavy atom. The van der Waals surface area contributed by atoms with E-state index in [1.165, 1.54) is 12.8 Å². The minimum Gasteiger partial charge on any atom is -0.494 e. The maximum absolute atomic E-state index is 12.5. The second-order valence-electron chi connectivity index (χ2n) is 8.17. The molecule has 0 spiro atoms. The van der Waals surface area contributed by atoms with E-state index in [2.05, 4.69) is 10.2 Å². The first-order chi connectivity index (χ1) is 14.6. The molecule has 2 aliphatic rings. The molecule has 2 aromatic rings. The fourth-order valence-electron chi connectivity index (χ4n) is 4.22. The number of aromatic nitrogens is 1. The van der Waals surface area contributed by atoms with Crippen molar-refractivity contribution in [3.63, 3.8) is 0 Å². The lowest BCUT2D eigenvalue weighted by Crippen LogP contribution is -2.52. The molecule has 30 heavy (non-hydrogen) atoms. The lowest BCUT2D eigenvalue weighted by molar-refractivity contribution is 0.132. The molecular formula is C23H32N4O3. The van der Waals surface area contributed by atoms with Crippen LogP contribution in [0.3, 0.4) is 0 Å². The Bertz CT molecular complexity index is 835. The molecule has 1 N–H and O–H groups in total. The van der Waals surface area contributed by atoms with E-state index in [4.69, 9.17) is 14.1 Å². The van der Waals surface area contributed by atoms with Gasteiger partial charge in [0.25, 0.3) is 0 Å². The van der Waals surface area contributed by atoms with Crippen LogP contribution in [0.15, 0.2) is 28.7 Å². The molecule has 162 valence electrons. The number of piperazine rings is 1. The zero-order chi connectivity index (χ0) is 20.9. The number of ether oxygens (including phenoxy) is 1. The number of hydrogen-bond acceptors (Lipinski definition) is 5. The van der Waals surface area contributed by atoms with E-state index in [1.807, 2.05) is 43.0 Å². The molecule has 1 saturated heterocycles. The summed E-state index contributed by atoms with van der Waals surface area (Å²) in [5, 5.41) is 3.19. The van der Waals surface area contributed by atoms with Gasteiger partial charge in [-0.25, -0.2) is 9.78 Å². The number of carbonyl (C=O) groups excluding carboxylic acids is 1. The number of nitrogens with one attached hydrogen (secondary N) is 1. The Labute approximate surface area is 178 Å². The molecule has 2 amide bonds. The summed E-state index contributed by atoms with van der Waals surface area (Å²) < 4.78 is 11.4. The summed E-state index contributed by atoms with van der Waals surface area (Å²) in [5.41, 5.74) is 1.91. The Balaban J connectivity index is 1.30. The monoisotopic (exact) mass is 412 g/mol. The molecule has 2 heterocycles. The first kappa shape index (κ1) is 20.7. The van der Waals surface area contributed by atoms with Gasteiger partial charge in [-0.05, 0) is 51.0 Å². The van der Waals surface area contributed by atoms with Crippen LogP contribution in [0.4, 0.5) is 4.79 Å². The SMILES string of the molecule is CCOc1ccc(-c2nc(CN3CCN(C(=O)NC4CCCC4)CC3)c(C)o2)cc1. The normalized spacial score (nSPS) is 18.0. The Morgan fingerprint density at radius 2 is 1.87 bits per heavy atom. The van der Waals surface area contributed by atoms with Crippen LogP contribution in [0.25, 0.3) is 11.5 Å². The zero-order valence-electron chi connectivity index (χ0n) is 18.0. The summed E-state index contributed by atoms with van der Waals surface area (Å²) in [6.45, 7) is 8.53. The predicted octanol–water partition coefficient (Wildman–Crippen LogP) is 3.82. The highest BCUT2D eigenvalue weighted by Crippen LogP contribution is 2.25. The van der Waals surface area contributed by atoms with Crippen molar-refractivity contribution < 1.29 is 13.9 Å². The molecule has 4 rings (SSSR count). The molecule has 1 aromatic carbocycles. The van der Waals surface area contributed by atoms with Crippen LogP contribution >= 0.6 is 0 Å². The third-order valence-electron chi connectivity index (χ3n) is 6.02. The van der Waals surface area contributed by atoms with Crippen LogP contribution in [0, 0.1) is 6.92 Å². The van der Waals surface area contributed by atoms with Gasteiger partial charge in [0.2, 0.25) is 5.89 Å². The molecule has 0 radical (unpaired) electrons. The fraction of sp³-hybridized carbons (Fsp3) is 0.565. The molecule has 1 aliphatic heterocycles. The zero-order valence-corrected chi connectivity index (χ0v) is 18.0. The molecule has 0 atom stereocenters. The molecule has 1 aliphatic carbocycles. The van der Waals surface area contributed by atoms with Crippen LogP contribution in [-0.2, 0) is 6.54 Å². The largest absolute Gasteiger partial charge is 0.494 e. The number of carbonyl (C=O) groups is 1. The van der Waals surface area contributed by atoms with E-state index in [0.717, 1.165) is 68.3 Å². The molecule has 7 heteroatoms. The number of nitrogens with zero attached hydrogens (tertiary/aromatic N) is 3. The van der Waals surface area contributed by atoms with Crippen molar-refractivity contribution in [2.45, 2.75) is 52.1 Å². The Kier molecular flexibility index (Phi) is 6.57. The number of oxazole rings is 1. The fourth-order valence-corrected chi connectivity index (χ4v) is 4.22. The quantitative estimate of drug-likeness (QED) is 0.781. The summed E-state index contributed by atoms with van der Waals surface area (Å²) in [4.78, 5) is 21.5. The van der Waals surface area contributed by atoms with Gasteiger partial charge in [0.15, 0.2) is 0 Å². The summed E-state index contributed by atoms with van der Waals surface area (Å²) in [7, 11) is 0. The van der Waals surface area contributed by atoms with Crippen LogP contribution < -0.4 is 10.1 Å². The summed E-state index contributed by atoms with van der Waals surface area (Å²) >= 11 is 0. The summed E-state index contributed by atoms with van der Waals surface area (Å²) in [6, 6.07) is 8.29. The lowest BCUT2D eigenvalue weighted by Gasteiger charge is -2.35. The highest BCUT2D eigenvalue weighted by atomic mass is 16.5. The Morgan fingerprint density at radius 1 is 1.17 bits per heavy atom. The molecule has 1 saturated carbocycles. The van der Waals surface area contributed by atoms with Crippen molar-refractivity contribution in [1.29, 1.82) is 0 Å². The van der Waals surface area contributed by atoms with Gasteiger partial charge in [0.05, 0.1) is 12.3 Å². The molecule has 0 bridgehead atoms. The van der Waals surface area contributed by atoms with Gasteiger partial charge in [-0.1, -0.05) is 12.8 Å². The van der Waals surface area contributed by atoms with Crippen molar-refractivity contribution in [3.05, 3.63) is 35.7 Å². The minimum absolute atomic E-state index is 0.0944. The standard InChI is InChI=1S/C23H32N4O3/c1-3-29-20-10-8-18(9-11-20)22-25-21(17(2)30-22)16-26-12-14-27(15-13-26)23(28)24-19-6-4-5-7-19/h8-11,19H,3-7,12-16H2,1-2H3,(H,24,28). The second kappa shape index (κ2) is 9.51. The maximum atomic E-state index is 12.5. The summed E-state index contributed by atoms with van der Waals surface area (Å²) in [5.74, 6) is 2.33. The van der Waals surface area contributed by atoms with E-state index in [9.17, 15) is 4.79 Å². The number of aryl methyl sites for hydroxylation is 1. The smallest absolute Gasteiger partial charge is 0.317 e. The Hall–Kier alpha value is -2.54. The highest BCUT2D eigenvalue weighted by Gasteiger charge is 2.25. The van der Waals surface area contributed by atoms with Gasteiger partial charge < -0.3 is 19.4 Å². The van der Waals surface area contributed by atoms with Gasteiger partial charge >= 0.3 is 6.03 Å². The lowest BCUT2D eigenvalue weighted by atomic mass is 10.2. The third kappa shape index (κ3) is 4.95. The number of rotatable bonds is 6. The van der Waals surface area contributed by atoms with E-state index in [0.29, 0.717) is 18.5 Å². The van der Waals surface area contributed by atoms with E-state index < -0.39 is 0 Å². The molecule has 0 unspecified atom stereocenters. The van der Waals surface area contributed by atoms with Crippen LogP contribution in [-0.4, -0.2) is 59.6 Å². The number of urea groups is 1. The van der Waals surface area contributed by atoms with E-state index in [-0.39, 0.29) is 6.03 Å². The van der Waals surface area contributed by atoms with Crippen molar-refractivity contribution in [2.75, 3.05) is 32.8 Å². The summed E-state index contributed by atoms with van der Waals surface area (Å²) in [6.07, 6.45) is 4.70. The molecule has 7 nitrogen and oxygen atoms in total. The predicted molar refractivity (Wildman–Crippen MR) is 115 cm³/mol. The van der Waals surface area contributed by atoms with Gasteiger partial charge in [0.1, 0.15) is 11.5 Å². The average molecular weight is 413 g/mol. The van der Waals surface area contributed by atoms with E-state index in [1.54, 1.807) is 0 Å². The maximum Gasteiger partial charge on any atom is 0.317 e. The van der Waals surface area contributed by atoms with Crippen LogP contribution in [0.5, 0.6) is 5.75 Å². The topological polar surface area (TPSA) is 70.8 Å². The van der Waals surface area contributed by atoms with Gasteiger partial charge in [0, 0.05) is 44.3 Å². The molecular weight excluding hydrogens is 380 g/mol. The van der Waals surface area contributed by atoms with Crippen molar-refractivity contribution in [2.24, 2.45) is 0 Å². The van der Waals surface area contributed by atoms with Gasteiger partial charge in [-0.15, -0.1) is 0 Å². The third-order valence-corrected chi connectivity index (χ3v) is 6.02. The second-order valence-corrected chi connectivity index (χ2v) is 8.17. The molecule has 1 aromatic heterocycles. The number of amides is 2. The van der Waals surface area contributed by atoms with Crippen molar-refractivity contribution >= 4 is 6.03 Å². The van der Waals surface area contributed by atoms with Crippen LogP contribution in [0.1, 0.15) is 44.1 Å². The highest BCUT2D eigenvalue weighted by molar-refractivity contribution is 5.74. The minimum atomic E-state index is 0.0944. The first-order valence-corrected chi connectivity index (χ1v) is 11.1. The van der Waals surface area contributed by atoms with Crippen LogP contribution in [0.2, 0.25) is 0 Å². The van der Waals surface area contributed by atoms with E-state index >= 15 is 0 Å². The van der Waals surface area contributed by atoms with Gasteiger partial charge in [-0.2, -0.15) is 0 Å². The first-order valence-electron chi connectivity index (χ1n) is 11.1. The van der Waals surface area contributed by atoms with Crippen molar-refractivity contribution in [3.8, 4) is 17.2 Å². The van der Waals surface area contributed by atoms with Crippen molar-refractivity contribution in [1.82, 2.24) is 20.1 Å². The molecule has 2 fully saturated rings. The average Bonchev–Trinajstić information content (AvgIpc) is 3.39.